The summed E-state index contributed by atoms with van der Waals surface area (Å²) in [4.78, 5) is 10.6. The Hall–Kier alpha value is -1.39. The number of carboxylic acid groups (broad SMARTS) is 1. The van der Waals surface area contributed by atoms with Gasteiger partial charge in [0, 0.05) is 13.1 Å². The number of hydrogen-bond acceptors (Lipinski definition) is 6. The van der Waals surface area contributed by atoms with Gasteiger partial charge in [-0.3, -0.25) is 0 Å². The molecule has 118 valence electrons. The Morgan fingerprint density at radius 1 is 1.33 bits per heavy atom. The zero-order chi connectivity index (χ0) is 14.9. The van der Waals surface area contributed by atoms with Gasteiger partial charge in [-0.2, -0.15) is 0 Å². The molecular weight excluding hydrogens is 324 g/mol. The Labute approximate surface area is 127 Å². The number of hydrogen-bond donors (Lipinski definition) is 5. The molecule has 0 bridgehead atoms. The number of aromatic hydroxyl groups is 1. The summed E-state index contributed by atoms with van der Waals surface area (Å²) in [6.45, 7) is 0.563. The van der Waals surface area contributed by atoms with Gasteiger partial charge in [-0.15, -0.1) is 12.4 Å². The van der Waals surface area contributed by atoms with E-state index in [0.717, 1.165) is 18.2 Å². The maximum Gasteiger partial charge on any atom is 0.339 e. The number of aliphatic hydroxyl groups excluding tert-OH is 1. The van der Waals surface area contributed by atoms with Gasteiger partial charge in [0.2, 0.25) is 10.0 Å². The Balaban J connectivity index is 0.00000220. The number of phenols is 1. The number of halogens is 1. The summed E-state index contributed by atoms with van der Waals surface area (Å²) in [6.07, 6.45) is -0.846. The molecule has 0 spiro atoms. The number of aliphatic hydroxyl groups is 1. The molecule has 5 N–H and O–H groups in total. The van der Waals surface area contributed by atoms with Crippen LogP contribution in [0.3, 0.4) is 0 Å². The summed E-state index contributed by atoms with van der Waals surface area (Å²) >= 11 is 0. The number of aromatic carboxylic acids is 1. The van der Waals surface area contributed by atoms with Crippen LogP contribution in [0.4, 0.5) is 0 Å². The van der Waals surface area contributed by atoms with Crippen LogP contribution in [0.15, 0.2) is 23.1 Å². The van der Waals surface area contributed by atoms with E-state index in [1.807, 2.05) is 0 Å². The van der Waals surface area contributed by atoms with Crippen molar-refractivity contribution >= 4 is 28.4 Å². The van der Waals surface area contributed by atoms with E-state index < -0.39 is 39.5 Å². The topological polar surface area (TPSA) is 136 Å². The molecular formula is C11H15ClN2O6S. The second-order valence-electron chi connectivity index (χ2n) is 4.44. The van der Waals surface area contributed by atoms with E-state index in [1.54, 1.807) is 0 Å². The normalized spacial score (nSPS) is 21.8. The van der Waals surface area contributed by atoms with Crippen molar-refractivity contribution in [2.75, 3.05) is 13.1 Å². The fourth-order valence-corrected chi connectivity index (χ4v) is 3.20. The van der Waals surface area contributed by atoms with Gasteiger partial charge in [-0.25, -0.2) is 17.9 Å². The first-order valence-electron chi connectivity index (χ1n) is 5.78. The number of rotatable bonds is 4. The molecule has 2 atom stereocenters. The third kappa shape index (κ3) is 3.83. The van der Waals surface area contributed by atoms with Crippen LogP contribution in [-0.2, 0) is 10.0 Å². The predicted octanol–water partition coefficient (Wildman–Crippen LogP) is -0.877. The van der Waals surface area contributed by atoms with Gasteiger partial charge in [0.1, 0.15) is 11.3 Å². The fraction of sp³-hybridized carbons (Fsp3) is 0.364. The Bertz CT molecular complexity index is 636. The molecule has 1 aromatic carbocycles. The Kier molecular flexibility index (Phi) is 5.54. The van der Waals surface area contributed by atoms with Crippen LogP contribution in [-0.4, -0.2) is 54.9 Å². The third-order valence-corrected chi connectivity index (χ3v) is 4.49. The van der Waals surface area contributed by atoms with Crippen molar-refractivity contribution in [2.24, 2.45) is 0 Å². The predicted molar refractivity (Wildman–Crippen MR) is 75.3 cm³/mol. The minimum absolute atomic E-state index is 0. The smallest absolute Gasteiger partial charge is 0.339 e. The monoisotopic (exact) mass is 338 g/mol. The average Bonchev–Trinajstić information content (AvgIpc) is 2.74. The van der Waals surface area contributed by atoms with Crippen molar-refractivity contribution < 1.29 is 28.5 Å². The first-order chi connectivity index (χ1) is 9.31. The highest BCUT2D eigenvalue weighted by molar-refractivity contribution is 7.89. The first-order valence-corrected chi connectivity index (χ1v) is 7.27. The summed E-state index contributed by atoms with van der Waals surface area (Å²) in [5.74, 6) is -1.94. The SMILES string of the molecule is Cl.O=C(O)c1cc(S(=O)(=O)N[C@@H]2CNC[C@H]2O)ccc1O. The van der Waals surface area contributed by atoms with E-state index in [4.69, 9.17) is 5.11 Å². The molecule has 21 heavy (non-hydrogen) atoms. The molecule has 0 saturated carbocycles. The molecule has 8 nitrogen and oxygen atoms in total. The van der Waals surface area contributed by atoms with E-state index >= 15 is 0 Å². The highest BCUT2D eigenvalue weighted by Gasteiger charge is 2.30. The van der Waals surface area contributed by atoms with Crippen LogP contribution in [0.2, 0.25) is 0 Å². The summed E-state index contributed by atoms with van der Waals surface area (Å²) in [5.41, 5.74) is -0.502. The van der Waals surface area contributed by atoms with E-state index in [2.05, 4.69) is 10.0 Å². The van der Waals surface area contributed by atoms with Crippen LogP contribution in [0, 0.1) is 0 Å². The van der Waals surface area contributed by atoms with Crippen molar-refractivity contribution in [1.82, 2.24) is 10.0 Å². The number of β-amino-alcohol motifs (C(OH)–C–C–N with tert-alkyl or cyclic N) is 1. The van der Waals surface area contributed by atoms with Crippen LogP contribution < -0.4 is 10.0 Å². The fourth-order valence-electron chi connectivity index (χ4n) is 1.91. The van der Waals surface area contributed by atoms with E-state index in [1.165, 1.54) is 0 Å². The molecule has 1 aliphatic rings. The van der Waals surface area contributed by atoms with Crippen LogP contribution in [0.25, 0.3) is 0 Å². The van der Waals surface area contributed by atoms with E-state index in [0.29, 0.717) is 0 Å². The standard InChI is InChI=1S/C11H14N2O6S.ClH/c14-9-2-1-6(3-7(9)11(16)17)20(18,19)13-8-4-12-5-10(8)15;/h1-3,8,10,12-15H,4-5H2,(H,16,17);1H/t8-,10-;/m1./s1. The van der Waals surface area contributed by atoms with Gasteiger partial charge in [0.15, 0.2) is 0 Å². The maximum atomic E-state index is 12.1. The number of carboxylic acids is 1. The van der Waals surface area contributed by atoms with Crippen LogP contribution in [0.1, 0.15) is 10.4 Å². The molecule has 10 heteroatoms. The molecule has 1 fully saturated rings. The summed E-state index contributed by atoms with van der Waals surface area (Å²) in [5, 5.41) is 30.6. The van der Waals surface area contributed by atoms with Crippen molar-refractivity contribution in [1.29, 1.82) is 0 Å². The minimum atomic E-state index is -3.97. The number of carbonyl (C=O) groups is 1. The molecule has 0 aromatic heterocycles. The number of sulfonamides is 1. The summed E-state index contributed by atoms with van der Waals surface area (Å²) in [7, 11) is -3.97. The van der Waals surface area contributed by atoms with Crippen LogP contribution >= 0.6 is 12.4 Å². The molecule has 1 heterocycles. The number of nitrogens with one attached hydrogen (secondary N) is 2. The third-order valence-electron chi connectivity index (χ3n) is 3.00. The average molecular weight is 339 g/mol. The molecule has 2 rings (SSSR count). The first kappa shape index (κ1) is 17.7. The van der Waals surface area contributed by atoms with Crippen molar-refractivity contribution in [3.63, 3.8) is 0 Å². The van der Waals surface area contributed by atoms with E-state index in [-0.39, 0.29) is 30.4 Å². The van der Waals surface area contributed by atoms with Gasteiger partial charge < -0.3 is 20.6 Å². The molecule has 1 saturated heterocycles. The lowest BCUT2D eigenvalue weighted by Gasteiger charge is -2.16. The van der Waals surface area contributed by atoms with Gasteiger partial charge >= 0.3 is 5.97 Å². The molecule has 0 aliphatic carbocycles. The Morgan fingerprint density at radius 2 is 2.00 bits per heavy atom. The quantitative estimate of drug-likeness (QED) is 0.481. The second kappa shape index (κ2) is 6.58. The zero-order valence-corrected chi connectivity index (χ0v) is 12.3. The van der Waals surface area contributed by atoms with Crippen molar-refractivity contribution in [2.45, 2.75) is 17.0 Å². The molecule has 1 aromatic rings. The van der Waals surface area contributed by atoms with Crippen molar-refractivity contribution in [3.8, 4) is 5.75 Å². The zero-order valence-electron chi connectivity index (χ0n) is 10.7. The largest absolute Gasteiger partial charge is 0.507 e. The number of benzene rings is 1. The van der Waals surface area contributed by atoms with Gasteiger partial charge in [0.25, 0.3) is 0 Å². The van der Waals surface area contributed by atoms with Gasteiger partial charge in [-0.05, 0) is 18.2 Å². The van der Waals surface area contributed by atoms with Gasteiger partial charge in [0.05, 0.1) is 17.0 Å². The molecule has 1 aliphatic heterocycles. The molecule has 0 unspecified atom stereocenters. The van der Waals surface area contributed by atoms with Crippen molar-refractivity contribution in [3.05, 3.63) is 23.8 Å². The lowest BCUT2D eigenvalue weighted by Crippen LogP contribution is -2.42. The maximum absolute atomic E-state index is 12.1. The second-order valence-corrected chi connectivity index (χ2v) is 6.15. The van der Waals surface area contributed by atoms with E-state index in [9.17, 15) is 23.4 Å². The lowest BCUT2D eigenvalue weighted by molar-refractivity contribution is 0.0693. The summed E-state index contributed by atoms with van der Waals surface area (Å²) in [6, 6.07) is 2.29. The Morgan fingerprint density at radius 3 is 2.52 bits per heavy atom. The lowest BCUT2D eigenvalue weighted by atomic mass is 10.2. The summed E-state index contributed by atoms with van der Waals surface area (Å²) < 4.78 is 26.5. The van der Waals surface area contributed by atoms with Gasteiger partial charge in [-0.1, -0.05) is 0 Å². The highest BCUT2D eigenvalue weighted by Crippen LogP contribution is 2.21. The minimum Gasteiger partial charge on any atom is -0.507 e. The highest BCUT2D eigenvalue weighted by atomic mass is 35.5. The molecule has 0 amide bonds. The van der Waals surface area contributed by atoms with Crippen LogP contribution in [0.5, 0.6) is 5.75 Å². The molecule has 0 radical (unpaired) electrons.